The van der Waals surface area contributed by atoms with Crippen LogP contribution in [0, 0.1) is 11.3 Å². The number of aliphatic hydroxyl groups is 1. The van der Waals surface area contributed by atoms with Crippen LogP contribution in [0.4, 0.5) is 0 Å². The molecule has 0 aromatic carbocycles. The Balaban J connectivity index is 3.88. The molecule has 1 N–H and O–H groups in total. The van der Waals surface area contributed by atoms with Gasteiger partial charge in [-0.2, -0.15) is 0 Å². The molecule has 0 aliphatic carbocycles. The molecule has 0 amide bonds. The normalized spacial score (nSPS) is 16.3. The van der Waals surface area contributed by atoms with Gasteiger partial charge in [-0.25, -0.2) is 0 Å². The first-order valence-corrected chi connectivity index (χ1v) is 3.53. The van der Waals surface area contributed by atoms with Gasteiger partial charge >= 0.3 is 0 Å². The van der Waals surface area contributed by atoms with Crippen molar-refractivity contribution in [3.05, 3.63) is 0 Å². The van der Waals surface area contributed by atoms with Gasteiger partial charge in [0.1, 0.15) is 0 Å². The summed E-state index contributed by atoms with van der Waals surface area (Å²) in [5.74, 6) is 0.366. The van der Waals surface area contributed by atoms with Gasteiger partial charge in [0.05, 0.1) is 6.10 Å². The minimum atomic E-state index is -0.183. The second kappa shape index (κ2) is 2.70. The Morgan fingerprint density at radius 1 is 1.11 bits per heavy atom. The molecule has 0 aromatic heterocycles. The number of rotatable bonds is 1. The zero-order valence-corrected chi connectivity index (χ0v) is 7.10. The van der Waals surface area contributed by atoms with Gasteiger partial charge in [-0.05, 0) is 11.3 Å². The second-order valence-electron chi connectivity index (χ2n) is 4.05. The second-order valence-corrected chi connectivity index (χ2v) is 4.05. The first-order chi connectivity index (χ1) is 3.85. The average Bonchev–Trinajstić information content (AvgIpc) is 1.62. The quantitative estimate of drug-likeness (QED) is 0.576. The minimum absolute atomic E-state index is 0.0359. The molecule has 0 saturated heterocycles. The summed E-state index contributed by atoms with van der Waals surface area (Å²) in [6.45, 7) is 10.2. The molecule has 1 nitrogen and oxygen atoms in total. The van der Waals surface area contributed by atoms with Gasteiger partial charge in [-0.1, -0.05) is 34.6 Å². The van der Waals surface area contributed by atoms with Crippen molar-refractivity contribution in [2.45, 2.75) is 40.7 Å². The molecule has 0 fully saturated rings. The van der Waals surface area contributed by atoms with Crippen LogP contribution in [0.3, 0.4) is 0 Å². The van der Waals surface area contributed by atoms with Crippen molar-refractivity contribution in [2.24, 2.45) is 11.3 Å². The molecule has 1 atom stereocenters. The Morgan fingerprint density at radius 3 is 1.44 bits per heavy atom. The van der Waals surface area contributed by atoms with Crippen molar-refractivity contribution in [1.29, 1.82) is 0 Å². The summed E-state index contributed by atoms with van der Waals surface area (Å²) in [5.41, 5.74) is 0.0359. The van der Waals surface area contributed by atoms with Crippen molar-refractivity contribution in [3.8, 4) is 0 Å². The topological polar surface area (TPSA) is 20.2 Å². The predicted octanol–water partition coefficient (Wildman–Crippen LogP) is 2.05. The smallest absolute Gasteiger partial charge is 0.0611 e. The lowest BCUT2D eigenvalue weighted by atomic mass is 9.83. The van der Waals surface area contributed by atoms with Crippen LogP contribution in [0.5, 0.6) is 0 Å². The lowest BCUT2D eigenvalue weighted by Crippen LogP contribution is -2.30. The first-order valence-electron chi connectivity index (χ1n) is 3.53. The van der Waals surface area contributed by atoms with E-state index in [4.69, 9.17) is 0 Å². The largest absolute Gasteiger partial charge is 0.392 e. The van der Waals surface area contributed by atoms with E-state index >= 15 is 0 Å². The van der Waals surface area contributed by atoms with Gasteiger partial charge < -0.3 is 5.11 Å². The monoisotopic (exact) mass is 130 g/mol. The van der Waals surface area contributed by atoms with E-state index < -0.39 is 0 Å². The van der Waals surface area contributed by atoms with E-state index in [2.05, 4.69) is 20.8 Å². The standard InChI is InChI=1S/C8H18O/c1-6(2)7(9)8(3,4)5/h6-7,9H,1-5H3/t7-/m1/s1. The van der Waals surface area contributed by atoms with Crippen molar-refractivity contribution >= 4 is 0 Å². The summed E-state index contributed by atoms with van der Waals surface area (Å²) in [7, 11) is 0. The van der Waals surface area contributed by atoms with Crippen LogP contribution in [0.1, 0.15) is 34.6 Å². The van der Waals surface area contributed by atoms with Gasteiger partial charge in [0.15, 0.2) is 0 Å². The molecular formula is C8H18O. The SMILES string of the molecule is CC(C)[C@@H](O)C(C)(C)C. The van der Waals surface area contributed by atoms with E-state index in [1.165, 1.54) is 0 Å². The first kappa shape index (κ1) is 8.96. The molecule has 0 aromatic rings. The van der Waals surface area contributed by atoms with E-state index in [0.29, 0.717) is 5.92 Å². The van der Waals surface area contributed by atoms with Crippen LogP contribution in [0.15, 0.2) is 0 Å². The molecular weight excluding hydrogens is 112 g/mol. The molecule has 1 heteroatoms. The molecule has 0 saturated carbocycles. The molecule has 0 radical (unpaired) electrons. The highest BCUT2D eigenvalue weighted by Crippen LogP contribution is 2.24. The average molecular weight is 130 g/mol. The third kappa shape index (κ3) is 2.85. The summed E-state index contributed by atoms with van der Waals surface area (Å²) in [5, 5.41) is 9.46. The van der Waals surface area contributed by atoms with Gasteiger partial charge in [-0.15, -0.1) is 0 Å². The summed E-state index contributed by atoms with van der Waals surface area (Å²) in [6, 6.07) is 0. The third-order valence-electron chi connectivity index (χ3n) is 1.52. The molecule has 0 heterocycles. The van der Waals surface area contributed by atoms with E-state index in [9.17, 15) is 5.11 Å². The number of hydrogen-bond donors (Lipinski definition) is 1. The van der Waals surface area contributed by atoms with Crippen LogP contribution < -0.4 is 0 Å². The fraction of sp³-hybridized carbons (Fsp3) is 1.00. The summed E-state index contributed by atoms with van der Waals surface area (Å²) in [4.78, 5) is 0. The molecule has 0 unspecified atom stereocenters. The highest BCUT2D eigenvalue weighted by Gasteiger charge is 2.24. The van der Waals surface area contributed by atoms with Crippen molar-refractivity contribution in [2.75, 3.05) is 0 Å². The van der Waals surface area contributed by atoms with Crippen molar-refractivity contribution in [3.63, 3.8) is 0 Å². The van der Waals surface area contributed by atoms with E-state index in [1.807, 2.05) is 13.8 Å². The lowest BCUT2D eigenvalue weighted by Gasteiger charge is -2.28. The van der Waals surface area contributed by atoms with Crippen LogP contribution in [-0.4, -0.2) is 11.2 Å². The molecule has 0 bridgehead atoms. The third-order valence-corrected chi connectivity index (χ3v) is 1.52. The molecule has 0 aliphatic rings. The molecule has 0 spiro atoms. The van der Waals surface area contributed by atoms with Crippen LogP contribution in [0.2, 0.25) is 0 Å². The van der Waals surface area contributed by atoms with Gasteiger partial charge in [-0.3, -0.25) is 0 Å². The minimum Gasteiger partial charge on any atom is -0.392 e. The highest BCUT2D eigenvalue weighted by atomic mass is 16.3. The molecule has 9 heavy (non-hydrogen) atoms. The summed E-state index contributed by atoms with van der Waals surface area (Å²) < 4.78 is 0. The molecule has 0 aliphatic heterocycles. The van der Waals surface area contributed by atoms with Crippen LogP contribution in [0.25, 0.3) is 0 Å². The zero-order valence-electron chi connectivity index (χ0n) is 7.10. The van der Waals surface area contributed by atoms with Crippen LogP contribution >= 0.6 is 0 Å². The predicted molar refractivity (Wildman–Crippen MR) is 40.3 cm³/mol. The number of aliphatic hydroxyl groups excluding tert-OH is 1. The van der Waals surface area contributed by atoms with Crippen molar-refractivity contribution < 1.29 is 5.11 Å². The van der Waals surface area contributed by atoms with Crippen LogP contribution in [-0.2, 0) is 0 Å². The highest BCUT2D eigenvalue weighted by molar-refractivity contribution is 4.74. The maximum absolute atomic E-state index is 9.46. The summed E-state index contributed by atoms with van der Waals surface area (Å²) in [6.07, 6.45) is -0.183. The molecule has 0 rings (SSSR count). The fourth-order valence-corrected chi connectivity index (χ4v) is 1.00. The fourth-order valence-electron chi connectivity index (χ4n) is 1.00. The Kier molecular flexibility index (Phi) is 2.68. The molecule has 56 valence electrons. The van der Waals surface area contributed by atoms with E-state index in [0.717, 1.165) is 0 Å². The zero-order chi connectivity index (χ0) is 7.65. The Hall–Kier alpha value is -0.0400. The maximum atomic E-state index is 9.46. The Morgan fingerprint density at radius 2 is 1.44 bits per heavy atom. The van der Waals surface area contributed by atoms with E-state index in [1.54, 1.807) is 0 Å². The van der Waals surface area contributed by atoms with E-state index in [-0.39, 0.29) is 11.5 Å². The maximum Gasteiger partial charge on any atom is 0.0611 e. The van der Waals surface area contributed by atoms with Gasteiger partial charge in [0, 0.05) is 0 Å². The van der Waals surface area contributed by atoms with Gasteiger partial charge in [0.2, 0.25) is 0 Å². The Bertz CT molecular complexity index is 79.1. The Labute approximate surface area is 58.1 Å². The summed E-state index contributed by atoms with van der Waals surface area (Å²) >= 11 is 0. The number of hydrogen-bond acceptors (Lipinski definition) is 1. The van der Waals surface area contributed by atoms with Gasteiger partial charge in [0.25, 0.3) is 0 Å². The van der Waals surface area contributed by atoms with Crippen molar-refractivity contribution in [1.82, 2.24) is 0 Å². The lowest BCUT2D eigenvalue weighted by molar-refractivity contribution is 0.0245.